The molecule has 0 N–H and O–H groups in total. The quantitative estimate of drug-likeness (QED) is 0.198. The van der Waals surface area contributed by atoms with Gasteiger partial charge in [0.1, 0.15) is 0 Å². The van der Waals surface area contributed by atoms with Gasteiger partial charge in [0.15, 0.2) is 0 Å². The summed E-state index contributed by atoms with van der Waals surface area (Å²) < 4.78 is 245. The molecular formula is C24H9BF18. The van der Waals surface area contributed by atoms with Crippen molar-refractivity contribution in [2.75, 3.05) is 0 Å². The van der Waals surface area contributed by atoms with Crippen molar-refractivity contribution in [3.8, 4) is 0 Å². The van der Waals surface area contributed by atoms with E-state index in [1.54, 1.807) is 0 Å². The van der Waals surface area contributed by atoms with E-state index < -0.39 is 112 Å². The molecule has 0 heterocycles. The molecule has 0 fully saturated rings. The predicted octanol–water partition coefficient (Wildman–Crippen LogP) is 8.32. The van der Waals surface area contributed by atoms with Crippen LogP contribution in [0.25, 0.3) is 0 Å². The minimum Gasteiger partial charge on any atom is -0.166 e. The molecule has 0 saturated heterocycles. The first-order valence-corrected chi connectivity index (χ1v) is 11.0. The second-order valence-electron chi connectivity index (χ2n) is 8.83. The fraction of sp³-hybridized carbons (Fsp3) is 0.250. The second kappa shape index (κ2) is 10.6. The number of halogens is 18. The number of rotatable bonds is 3. The van der Waals surface area contributed by atoms with Crippen LogP contribution in [0, 0.1) is 0 Å². The Morgan fingerprint density at radius 1 is 0.302 bits per heavy atom. The maximum absolute atomic E-state index is 14.0. The third kappa shape index (κ3) is 7.34. The molecule has 0 radical (unpaired) electrons. The highest BCUT2D eigenvalue weighted by atomic mass is 19.4. The van der Waals surface area contributed by atoms with Gasteiger partial charge in [0, 0.05) is 0 Å². The molecule has 0 unspecified atom stereocenters. The van der Waals surface area contributed by atoms with Crippen LogP contribution in [0.4, 0.5) is 79.0 Å². The van der Waals surface area contributed by atoms with Crippen LogP contribution in [0.2, 0.25) is 0 Å². The summed E-state index contributed by atoms with van der Waals surface area (Å²) in [5.74, 6) is 0. The highest BCUT2D eigenvalue weighted by Gasteiger charge is 2.47. The first kappa shape index (κ1) is 34.0. The van der Waals surface area contributed by atoms with Crippen LogP contribution < -0.4 is 16.4 Å². The van der Waals surface area contributed by atoms with Crippen molar-refractivity contribution in [2.45, 2.75) is 37.1 Å². The zero-order chi connectivity index (χ0) is 33.1. The van der Waals surface area contributed by atoms with Gasteiger partial charge < -0.3 is 0 Å². The van der Waals surface area contributed by atoms with Gasteiger partial charge in [-0.1, -0.05) is 52.8 Å². The molecule has 234 valence electrons. The van der Waals surface area contributed by atoms with Crippen molar-refractivity contribution in [2.24, 2.45) is 0 Å². The van der Waals surface area contributed by atoms with E-state index >= 15 is 0 Å². The highest BCUT2D eigenvalue weighted by Crippen LogP contribution is 2.39. The van der Waals surface area contributed by atoms with E-state index in [4.69, 9.17) is 0 Å². The van der Waals surface area contributed by atoms with Crippen LogP contribution in [0.1, 0.15) is 33.4 Å². The fourth-order valence-corrected chi connectivity index (χ4v) is 4.19. The van der Waals surface area contributed by atoms with Gasteiger partial charge in [0.2, 0.25) is 6.71 Å². The number of alkyl halides is 18. The molecule has 0 amide bonds. The standard InChI is InChI=1S/C24H9BF18/c26-19(27,28)10-1-4-16(13(7-10)22(35,36)37)25(17-5-2-11(20(29,30)31)8-14(17)23(38,39)40)18-6-3-12(21(32,33)34)9-15(18)24(41,42)43/h1-9H. The van der Waals surface area contributed by atoms with Gasteiger partial charge in [-0.3, -0.25) is 0 Å². The molecule has 0 saturated carbocycles. The summed E-state index contributed by atoms with van der Waals surface area (Å²) in [6, 6.07) is -2.85. The Morgan fingerprint density at radius 2 is 0.512 bits per heavy atom. The Morgan fingerprint density at radius 3 is 0.674 bits per heavy atom. The lowest BCUT2D eigenvalue weighted by atomic mass is 9.34. The Balaban J connectivity index is 2.61. The van der Waals surface area contributed by atoms with Gasteiger partial charge in [-0.05, 0) is 18.2 Å². The molecule has 3 aromatic rings. The van der Waals surface area contributed by atoms with Crippen LogP contribution in [0.3, 0.4) is 0 Å². The van der Waals surface area contributed by atoms with Crippen molar-refractivity contribution in [1.82, 2.24) is 0 Å². The van der Waals surface area contributed by atoms with E-state index in [1.807, 2.05) is 0 Å². The molecule has 3 aromatic carbocycles. The first-order chi connectivity index (χ1) is 19.1. The summed E-state index contributed by atoms with van der Waals surface area (Å²) in [5, 5.41) is 0. The van der Waals surface area contributed by atoms with Gasteiger partial charge in [0.05, 0.1) is 33.4 Å². The van der Waals surface area contributed by atoms with Crippen molar-refractivity contribution in [3.05, 3.63) is 88.0 Å². The fourth-order valence-electron chi connectivity index (χ4n) is 4.19. The molecule has 0 aliphatic heterocycles. The summed E-state index contributed by atoms with van der Waals surface area (Å²) in [7, 11) is 0. The molecule has 0 atom stereocenters. The maximum Gasteiger partial charge on any atom is 0.416 e. The van der Waals surface area contributed by atoms with E-state index in [0.29, 0.717) is 0 Å². The van der Waals surface area contributed by atoms with Crippen LogP contribution in [0.15, 0.2) is 54.6 Å². The van der Waals surface area contributed by atoms with Gasteiger partial charge in [0.25, 0.3) is 0 Å². The van der Waals surface area contributed by atoms with Gasteiger partial charge in [-0.2, -0.15) is 79.0 Å². The van der Waals surface area contributed by atoms with E-state index in [9.17, 15) is 79.0 Å². The van der Waals surface area contributed by atoms with Gasteiger partial charge in [-0.25, -0.2) is 0 Å². The summed E-state index contributed by atoms with van der Waals surface area (Å²) in [6.07, 6.45) is -34.3. The summed E-state index contributed by atoms with van der Waals surface area (Å²) in [4.78, 5) is 0. The maximum atomic E-state index is 14.0. The Labute approximate surface area is 228 Å². The third-order valence-corrected chi connectivity index (χ3v) is 5.99. The summed E-state index contributed by atoms with van der Waals surface area (Å²) >= 11 is 0. The molecule has 3 rings (SSSR count). The summed E-state index contributed by atoms with van der Waals surface area (Å²) in [6.45, 7) is -3.14. The number of benzene rings is 3. The summed E-state index contributed by atoms with van der Waals surface area (Å²) in [5.41, 5.74) is -18.8. The molecule has 0 nitrogen and oxygen atoms in total. The van der Waals surface area contributed by atoms with Crippen LogP contribution >= 0.6 is 0 Å². The average molecular weight is 650 g/mol. The van der Waals surface area contributed by atoms with Crippen LogP contribution in [-0.2, 0) is 37.1 Å². The van der Waals surface area contributed by atoms with Crippen LogP contribution in [-0.4, -0.2) is 6.71 Å². The van der Waals surface area contributed by atoms with E-state index in [1.165, 1.54) is 0 Å². The van der Waals surface area contributed by atoms with Crippen LogP contribution in [0.5, 0.6) is 0 Å². The Bertz CT molecular complexity index is 1300. The normalized spacial score (nSPS) is 13.8. The second-order valence-corrected chi connectivity index (χ2v) is 8.83. The molecule has 0 aliphatic rings. The molecule has 19 heteroatoms. The molecule has 0 aliphatic carbocycles. The van der Waals surface area contributed by atoms with E-state index in [-0.39, 0.29) is 36.4 Å². The van der Waals surface area contributed by atoms with E-state index in [2.05, 4.69) is 0 Å². The highest BCUT2D eigenvalue weighted by molar-refractivity contribution is 6.96. The van der Waals surface area contributed by atoms with Crippen molar-refractivity contribution in [3.63, 3.8) is 0 Å². The van der Waals surface area contributed by atoms with Gasteiger partial charge in [-0.15, -0.1) is 0 Å². The molecule has 0 spiro atoms. The largest absolute Gasteiger partial charge is 0.416 e. The monoisotopic (exact) mass is 650 g/mol. The lowest BCUT2D eigenvalue weighted by molar-refractivity contribution is -0.144. The minimum absolute atomic E-state index is 0.147. The zero-order valence-corrected chi connectivity index (χ0v) is 20.1. The van der Waals surface area contributed by atoms with E-state index in [0.717, 1.165) is 0 Å². The number of hydrogen-bond donors (Lipinski definition) is 0. The first-order valence-electron chi connectivity index (χ1n) is 11.0. The van der Waals surface area contributed by atoms with Crippen molar-refractivity contribution < 1.29 is 79.0 Å². The molecule has 0 aromatic heterocycles. The molecule has 0 bridgehead atoms. The van der Waals surface area contributed by atoms with Crippen molar-refractivity contribution in [1.29, 1.82) is 0 Å². The molecule has 43 heavy (non-hydrogen) atoms. The Hall–Kier alpha value is -3.54. The SMILES string of the molecule is FC(F)(F)c1ccc(B(c2ccc(C(F)(F)F)cc2C(F)(F)F)c2ccc(C(F)(F)F)cc2C(F)(F)F)c(C(F)(F)F)c1. The topological polar surface area (TPSA) is 0 Å². The average Bonchev–Trinajstić information content (AvgIpc) is 2.80. The Kier molecular flexibility index (Phi) is 8.35. The predicted molar refractivity (Wildman–Crippen MR) is 114 cm³/mol. The zero-order valence-electron chi connectivity index (χ0n) is 20.1. The minimum atomic E-state index is -5.93. The number of hydrogen-bond acceptors (Lipinski definition) is 0. The molecular weight excluding hydrogens is 641 g/mol. The van der Waals surface area contributed by atoms with Gasteiger partial charge >= 0.3 is 37.1 Å². The van der Waals surface area contributed by atoms with Crippen molar-refractivity contribution >= 4 is 23.1 Å². The third-order valence-electron chi connectivity index (χ3n) is 5.99. The smallest absolute Gasteiger partial charge is 0.166 e. The lowest BCUT2D eigenvalue weighted by Crippen LogP contribution is -2.57. The lowest BCUT2D eigenvalue weighted by Gasteiger charge is -2.27.